The molecule has 3 rings (SSSR count). The highest BCUT2D eigenvalue weighted by Gasteiger charge is 2.08. The van der Waals surface area contributed by atoms with Gasteiger partial charge in [0.2, 0.25) is 0 Å². The molecule has 0 radical (unpaired) electrons. The summed E-state index contributed by atoms with van der Waals surface area (Å²) in [5.74, 6) is 0. The van der Waals surface area contributed by atoms with Crippen LogP contribution in [-0.2, 0) is 13.0 Å². The summed E-state index contributed by atoms with van der Waals surface area (Å²) in [5, 5.41) is 2.74. The Morgan fingerprint density at radius 3 is 2.90 bits per heavy atom. The molecule has 1 N–H and O–H groups in total. The molecular weight excluding hydrogens is 288 g/mol. The number of rotatable bonds is 3. The first-order chi connectivity index (χ1) is 9.70. The number of para-hydroxylation sites is 1. The van der Waals surface area contributed by atoms with Crippen LogP contribution in [0.5, 0.6) is 0 Å². The predicted molar refractivity (Wildman–Crippen MR) is 86.2 cm³/mol. The number of nitrogens with one attached hydrogen (secondary N) is 1. The normalized spacial score (nSPS) is 11.1. The first kappa shape index (κ1) is 13.3. The number of hydrogen-bond donors (Lipinski definition) is 1. The minimum atomic E-state index is -0.0280. The van der Waals surface area contributed by atoms with E-state index in [0.29, 0.717) is 16.7 Å². The quantitative estimate of drug-likeness (QED) is 0.749. The van der Waals surface area contributed by atoms with Crippen LogP contribution in [0, 0.1) is 4.77 Å². The van der Waals surface area contributed by atoms with Crippen LogP contribution in [0.3, 0.4) is 0 Å². The first-order valence-electron chi connectivity index (χ1n) is 6.48. The summed E-state index contributed by atoms with van der Waals surface area (Å²) in [5.41, 5.74) is 2.05. The molecule has 2 heterocycles. The highest BCUT2D eigenvalue weighted by molar-refractivity contribution is 7.71. The van der Waals surface area contributed by atoms with E-state index in [2.05, 4.69) is 23.4 Å². The Bertz CT molecular complexity index is 873. The molecular formula is C15H14N2OS2. The summed E-state index contributed by atoms with van der Waals surface area (Å²) < 4.78 is 2.12. The summed E-state index contributed by atoms with van der Waals surface area (Å²) in [4.78, 5) is 16.9. The van der Waals surface area contributed by atoms with Crippen molar-refractivity contribution in [2.75, 3.05) is 0 Å². The van der Waals surface area contributed by atoms with Gasteiger partial charge < -0.3 is 4.98 Å². The van der Waals surface area contributed by atoms with Gasteiger partial charge in [0.15, 0.2) is 4.77 Å². The van der Waals surface area contributed by atoms with E-state index in [1.54, 1.807) is 15.9 Å². The van der Waals surface area contributed by atoms with Gasteiger partial charge in [-0.3, -0.25) is 9.36 Å². The summed E-state index contributed by atoms with van der Waals surface area (Å²) in [6.07, 6.45) is 0.970. The lowest BCUT2D eigenvalue weighted by Gasteiger charge is -2.08. The van der Waals surface area contributed by atoms with Gasteiger partial charge in [0.25, 0.3) is 5.56 Å². The van der Waals surface area contributed by atoms with Crippen LogP contribution in [-0.4, -0.2) is 9.55 Å². The molecule has 102 valence electrons. The van der Waals surface area contributed by atoms with Gasteiger partial charge in [-0.2, -0.15) is 0 Å². The lowest BCUT2D eigenvalue weighted by molar-refractivity contribution is 0.738. The lowest BCUT2D eigenvalue weighted by atomic mass is 10.2. The van der Waals surface area contributed by atoms with Crippen LogP contribution < -0.4 is 5.56 Å². The van der Waals surface area contributed by atoms with Crippen LogP contribution in [0.4, 0.5) is 0 Å². The van der Waals surface area contributed by atoms with Gasteiger partial charge in [-0.25, -0.2) is 0 Å². The molecule has 0 bridgehead atoms. The average molecular weight is 302 g/mol. The number of nitrogens with zero attached hydrogens (tertiary/aromatic N) is 1. The Kier molecular flexibility index (Phi) is 3.54. The van der Waals surface area contributed by atoms with Crippen molar-refractivity contribution >= 4 is 34.5 Å². The van der Waals surface area contributed by atoms with Gasteiger partial charge in [0.05, 0.1) is 17.4 Å². The SMILES string of the molecule is CCc1ccsc1Cn1c(=S)[nH]c2ccccc2c1=O. The lowest BCUT2D eigenvalue weighted by Crippen LogP contribution is -2.22. The fraction of sp³-hybridized carbons (Fsp3) is 0.200. The van der Waals surface area contributed by atoms with Crippen molar-refractivity contribution in [3.05, 3.63) is 61.3 Å². The Balaban J connectivity index is 2.17. The molecule has 3 nitrogen and oxygen atoms in total. The molecule has 0 unspecified atom stereocenters. The minimum absolute atomic E-state index is 0.0280. The molecule has 3 aromatic rings. The molecule has 0 saturated heterocycles. The van der Waals surface area contributed by atoms with Crippen molar-refractivity contribution in [3.63, 3.8) is 0 Å². The average Bonchev–Trinajstić information content (AvgIpc) is 2.90. The summed E-state index contributed by atoms with van der Waals surface area (Å²) in [6.45, 7) is 2.66. The molecule has 0 aliphatic carbocycles. The topological polar surface area (TPSA) is 37.8 Å². The van der Waals surface area contributed by atoms with E-state index in [4.69, 9.17) is 12.2 Å². The molecule has 1 aromatic carbocycles. The second kappa shape index (κ2) is 5.34. The third-order valence-electron chi connectivity index (χ3n) is 3.41. The van der Waals surface area contributed by atoms with E-state index >= 15 is 0 Å². The monoisotopic (exact) mass is 302 g/mol. The molecule has 0 aliphatic rings. The van der Waals surface area contributed by atoms with Crippen molar-refractivity contribution in [3.8, 4) is 0 Å². The van der Waals surface area contributed by atoms with Crippen molar-refractivity contribution in [2.45, 2.75) is 19.9 Å². The number of fused-ring (bicyclic) bond motifs is 1. The van der Waals surface area contributed by atoms with E-state index in [-0.39, 0.29) is 5.56 Å². The number of hydrogen-bond acceptors (Lipinski definition) is 3. The molecule has 0 aliphatic heterocycles. The number of aromatic amines is 1. The van der Waals surface area contributed by atoms with E-state index in [0.717, 1.165) is 11.9 Å². The Hall–Kier alpha value is -1.72. The van der Waals surface area contributed by atoms with E-state index < -0.39 is 0 Å². The van der Waals surface area contributed by atoms with E-state index in [9.17, 15) is 4.79 Å². The van der Waals surface area contributed by atoms with Gasteiger partial charge in [-0.15, -0.1) is 11.3 Å². The van der Waals surface area contributed by atoms with E-state index in [1.165, 1.54) is 10.4 Å². The second-order valence-electron chi connectivity index (χ2n) is 4.59. The number of thiophene rings is 1. The zero-order valence-corrected chi connectivity index (χ0v) is 12.7. The van der Waals surface area contributed by atoms with Crippen molar-refractivity contribution in [1.82, 2.24) is 9.55 Å². The van der Waals surface area contributed by atoms with Crippen molar-refractivity contribution < 1.29 is 0 Å². The third kappa shape index (κ3) is 2.23. The standard InChI is InChI=1S/C15H14N2OS2/c1-2-10-7-8-20-13(10)9-17-14(18)11-5-3-4-6-12(11)16-15(17)19/h3-8H,2,9H2,1H3,(H,16,19). The number of benzene rings is 1. The zero-order chi connectivity index (χ0) is 14.1. The summed E-state index contributed by atoms with van der Waals surface area (Å²) in [7, 11) is 0. The number of aromatic nitrogens is 2. The molecule has 0 fully saturated rings. The maximum atomic E-state index is 12.6. The third-order valence-corrected chi connectivity index (χ3v) is 4.68. The smallest absolute Gasteiger partial charge is 0.262 e. The molecule has 0 amide bonds. The van der Waals surface area contributed by atoms with Crippen molar-refractivity contribution in [1.29, 1.82) is 0 Å². The molecule has 0 spiro atoms. The largest absolute Gasteiger partial charge is 0.332 e. The fourth-order valence-corrected chi connectivity index (χ4v) is 3.53. The van der Waals surface area contributed by atoms with Gasteiger partial charge in [-0.1, -0.05) is 19.1 Å². The van der Waals surface area contributed by atoms with Gasteiger partial charge >= 0.3 is 0 Å². The first-order valence-corrected chi connectivity index (χ1v) is 7.76. The maximum Gasteiger partial charge on any atom is 0.262 e. The molecule has 20 heavy (non-hydrogen) atoms. The van der Waals surface area contributed by atoms with Gasteiger partial charge in [0.1, 0.15) is 0 Å². The Morgan fingerprint density at radius 1 is 1.30 bits per heavy atom. The highest BCUT2D eigenvalue weighted by atomic mass is 32.1. The Labute approximate surface area is 125 Å². The van der Waals surface area contributed by atoms with Crippen LogP contribution in [0.15, 0.2) is 40.5 Å². The molecule has 0 saturated carbocycles. The van der Waals surface area contributed by atoms with Gasteiger partial charge in [0, 0.05) is 4.88 Å². The Morgan fingerprint density at radius 2 is 2.10 bits per heavy atom. The summed E-state index contributed by atoms with van der Waals surface area (Å²) in [6, 6.07) is 9.58. The fourth-order valence-electron chi connectivity index (χ4n) is 2.31. The second-order valence-corrected chi connectivity index (χ2v) is 5.98. The zero-order valence-electron chi connectivity index (χ0n) is 11.1. The van der Waals surface area contributed by atoms with Crippen LogP contribution >= 0.6 is 23.6 Å². The molecule has 2 aromatic heterocycles. The maximum absolute atomic E-state index is 12.6. The summed E-state index contributed by atoms with van der Waals surface area (Å²) >= 11 is 7.00. The minimum Gasteiger partial charge on any atom is -0.332 e. The highest BCUT2D eigenvalue weighted by Crippen LogP contribution is 2.18. The van der Waals surface area contributed by atoms with Gasteiger partial charge in [-0.05, 0) is 47.8 Å². The van der Waals surface area contributed by atoms with Crippen LogP contribution in [0.1, 0.15) is 17.4 Å². The molecule has 5 heteroatoms. The molecule has 0 atom stereocenters. The number of H-pyrrole nitrogens is 1. The van der Waals surface area contributed by atoms with Crippen LogP contribution in [0.25, 0.3) is 10.9 Å². The van der Waals surface area contributed by atoms with E-state index in [1.807, 2.05) is 24.3 Å². The number of aryl methyl sites for hydroxylation is 1. The predicted octanol–water partition coefficient (Wildman–Crippen LogP) is 3.73. The van der Waals surface area contributed by atoms with Crippen LogP contribution in [0.2, 0.25) is 0 Å². The van der Waals surface area contributed by atoms with Crippen molar-refractivity contribution in [2.24, 2.45) is 0 Å².